The summed E-state index contributed by atoms with van der Waals surface area (Å²) in [6.07, 6.45) is 3.19. The van der Waals surface area contributed by atoms with E-state index in [0.29, 0.717) is 33.3 Å². The van der Waals surface area contributed by atoms with Crippen molar-refractivity contribution in [3.63, 3.8) is 0 Å². The molecule has 6 rings (SSSR count). The van der Waals surface area contributed by atoms with Crippen molar-refractivity contribution in [1.29, 1.82) is 0 Å². The predicted molar refractivity (Wildman–Crippen MR) is 136 cm³/mol. The third-order valence-corrected chi connectivity index (χ3v) is 5.72. The third kappa shape index (κ3) is 3.53. The van der Waals surface area contributed by atoms with Crippen molar-refractivity contribution in [2.24, 2.45) is 0 Å². The SMILES string of the molecule is O=c1c2ccccc2nc(-c2ccccc2)n1Nc1nc2ccccc2c(=O)n1-c1ccncc1. The molecule has 6 aromatic rings. The number of anilines is 1. The molecule has 0 fully saturated rings. The molecule has 0 saturated heterocycles. The molecular formula is C27H18N6O2. The van der Waals surface area contributed by atoms with Crippen molar-refractivity contribution < 1.29 is 0 Å². The number of fused-ring (bicyclic) bond motifs is 2. The second kappa shape index (κ2) is 8.35. The minimum Gasteiger partial charge on any atom is -0.268 e. The van der Waals surface area contributed by atoms with Gasteiger partial charge in [0.05, 0.1) is 27.5 Å². The zero-order valence-electron chi connectivity index (χ0n) is 18.4. The smallest absolute Gasteiger partial charge is 0.268 e. The van der Waals surface area contributed by atoms with Crippen molar-refractivity contribution in [2.75, 3.05) is 5.43 Å². The Bertz CT molecular complexity index is 1810. The Hall–Kier alpha value is -5.11. The summed E-state index contributed by atoms with van der Waals surface area (Å²) in [5.41, 5.74) is 4.91. The van der Waals surface area contributed by atoms with Gasteiger partial charge in [-0.25, -0.2) is 14.5 Å². The van der Waals surface area contributed by atoms with Crippen LogP contribution in [0.3, 0.4) is 0 Å². The van der Waals surface area contributed by atoms with Crippen molar-refractivity contribution in [3.05, 3.63) is 124 Å². The van der Waals surface area contributed by atoms with Crippen molar-refractivity contribution >= 4 is 27.8 Å². The Morgan fingerprint density at radius 2 is 1.23 bits per heavy atom. The normalized spacial score (nSPS) is 11.1. The molecule has 1 N–H and O–H groups in total. The molecule has 0 spiro atoms. The number of rotatable bonds is 4. The molecule has 0 atom stereocenters. The van der Waals surface area contributed by atoms with Gasteiger partial charge in [0, 0.05) is 18.0 Å². The molecule has 0 aliphatic carbocycles. The minimum absolute atomic E-state index is 0.177. The molecule has 0 amide bonds. The van der Waals surface area contributed by atoms with Crippen LogP contribution < -0.4 is 16.5 Å². The lowest BCUT2D eigenvalue weighted by Crippen LogP contribution is -2.33. The molecule has 0 saturated carbocycles. The maximum atomic E-state index is 13.7. The molecular weight excluding hydrogens is 440 g/mol. The molecule has 8 heteroatoms. The van der Waals surface area contributed by atoms with Crippen LogP contribution in [0.4, 0.5) is 5.95 Å². The highest BCUT2D eigenvalue weighted by Crippen LogP contribution is 2.21. The first-order valence-corrected chi connectivity index (χ1v) is 11.0. The largest absolute Gasteiger partial charge is 0.280 e. The summed E-state index contributed by atoms with van der Waals surface area (Å²) in [6, 6.07) is 27.1. The number of pyridine rings is 1. The van der Waals surface area contributed by atoms with E-state index < -0.39 is 0 Å². The second-order valence-electron chi connectivity index (χ2n) is 7.87. The van der Waals surface area contributed by atoms with Gasteiger partial charge in [0.1, 0.15) is 0 Å². The van der Waals surface area contributed by atoms with E-state index in [1.165, 1.54) is 9.24 Å². The van der Waals surface area contributed by atoms with E-state index in [-0.39, 0.29) is 17.1 Å². The predicted octanol–water partition coefficient (Wildman–Crippen LogP) is 4.03. The second-order valence-corrected chi connectivity index (χ2v) is 7.87. The fourth-order valence-electron chi connectivity index (χ4n) is 4.06. The summed E-state index contributed by atoms with van der Waals surface area (Å²) >= 11 is 0. The summed E-state index contributed by atoms with van der Waals surface area (Å²) < 4.78 is 2.77. The van der Waals surface area contributed by atoms with Gasteiger partial charge in [0.2, 0.25) is 5.95 Å². The first kappa shape index (κ1) is 20.5. The highest BCUT2D eigenvalue weighted by atomic mass is 16.1. The molecule has 35 heavy (non-hydrogen) atoms. The minimum atomic E-state index is -0.307. The Kier molecular flexibility index (Phi) is 4.89. The molecule has 0 aliphatic rings. The summed E-state index contributed by atoms with van der Waals surface area (Å²) in [4.78, 5) is 40.7. The van der Waals surface area contributed by atoms with E-state index in [9.17, 15) is 9.59 Å². The number of aromatic nitrogens is 5. The molecule has 3 heterocycles. The fraction of sp³-hybridized carbons (Fsp3) is 0. The zero-order chi connectivity index (χ0) is 23.8. The average molecular weight is 458 g/mol. The van der Waals surface area contributed by atoms with E-state index in [1.807, 2.05) is 42.5 Å². The van der Waals surface area contributed by atoms with Gasteiger partial charge in [-0.05, 0) is 36.4 Å². The van der Waals surface area contributed by atoms with Crippen molar-refractivity contribution in [1.82, 2.24) is 24.2 Å². The maximum absolute atomic E-state index is 13.7. The van der Waals surface area contributed by atoms with Gasteiger partial charge in [-0.1, -0.05) is 54.6 Å². The van der Waals surface area contributed by atoms with Crippen LogP contribution in [0.2, 0.25) is 0 Å². The quantitative estimate of drug-likeness (QED) is 0.429. The van der Waals surface area contributed by atoms with Crippen LogP contribution in [0.25, 0.3) is 38.9 Å². The van der Waals surface area contributed by atoms with E-state index in [0.717, 1.165) is 5.56 Å². The standard InChI is InChI=1S/C27H18N6O2/c34-25-20-10-4-7-13-23(20)30-27(32(25)19-14-16-28-17-15-19)31-33-24(18-8-2-1-3-9-18)29-22-12-6-5-11-21(22)26(33)35/h1-17H,(H,30,31). The topological polar surface area (TPSA) is 94.7 Å². The lowest BCUT2D eigenvalue weighted by molar-refractivity contribution is 0.837. The van der Waals surface area contributed by atoms with Crippen LogP contribution in [-0.4, -0.2) is 24.2 Å². The molecule has 3 aromatic heterocycles. The number of nitrogens with one attached hydrogen (secondary N) is 1. The first-order valence-electron chi connectivity index (χ1n) is 11.0. The summed E-state index contributed by atoms with van der Waals surface area (Å²) in [6.45, 7) is 0. The monoisotopic (exact) mass is 458 g/mol. The Morgan fingerprint density at radius 1 is 0.629 bits per heavy atom. The summed E-state index contributed by atoms with van der Waals surface area (Å²) in [5, 5.41) is 0.903. The van der Waals surface area contributed by atoms with Gasteiger partial charge in [-0.3, -0.25) is 20.0 Å². The fourth-order valence-corrected chi connectivity index (χ4v) is 4.06. The van der Waals surface area contributed by atoms with Crippen LogP contribution in [0, 0.1) is 0 Å². The van der Waals surface area contributed by atoms with Gasteiger partial charge in [-0.15, -0.1) is 0 Å². The number of nitrogens with zero attached hydrogens (tertiary/aromatic N) is 5. The first-order chi connectivity index (χ1) is 17.2. The maximum Gasteiger partial charge on any atom is 0.280 e. The van der Waals surface area contributed by atoms with Crippen LogP contribution in [-0.2, 0) is 0 Å². The van der Waals surface area contributed by atoms with Crippen molar-refractivity contribution in [2.45, 2.75) is 0 Å². The summed E-state index contributed by atoms with van der Waals surface area (Å²) in [7, 11) is 0. The Morgan fingerprint density at radius 3 is 1.94 bits per heavy atom. The molecule has 8 nitrogen and oxygen atoms in total. The van der Waals surface area contributed by atoms with Crippen LogP contribution in [0.15, 0.2) is 113 Å². The van der Waals surface area contributed by atoms with Gasteiger partial charge in [-0.2, -0.15) is 4.68 Å². The van der Waals surface area contributed by atoms with E-state index in [2.05, 4.69) is 10.4 Å². The van der Waals surface area contributed by atoms with Crippen LogP contribution in [0.1, 0.15) is 0 Å². The van der Waals surface area contributed by atoms with E-state index in [4.69, 9.17) is 9.97 Å². The van der Waals surface area contributed by atoms with E-state index in [1.54, 1.807) is 60.9 Å². The van der Waals surface area contributed by atoms with E-state index >= 15 is 0 Å². The lowest BCUT2D eigenvalue weighted by Gasteiger charge is -2.18. The highest BCUT2D eigenvalue weighted by Gasteiger charge is 2.17. The third-order valence-electron chi connectivity index (χ3n) is 5.72. The molecule has 0 aliphatic heterocycles. The van der Waals surface area contributed by atoms with Gasteiger partial charge < -0.3 is 0 Å². The number of hydrogen-bond donors (Lipinski definition) is 1. The van der Waals surface area contributed by atoms with Gasteiger partial charge >= 0.3 is 0 Å². The zero-order valence-corrected chi connectivity index (χ0v) is 18.4. The lowest BCUT2D eigenvalue weighted by atomic mass is 10.2. The molecule has 0 bridgehead atoms. The Balaban J connectivity index is 1.66. The number of benzene rings is 3. The number of para-hydroxylation sites is 2. The van der Waals surface area contributed by atoms with Gasteiger partial charge in [0.15, 0.2) is 5.82 Å². The molecule has 3 aromatic carbocycles. The molecule has 0 unspecified atom stereocenters. The van der Waals surface area contributed by atoms with Crippen LogP contribution >= 0.6 is 0 Å². The Labute approximate surface area is 198 Å². The summed E-state index contributed by atoms with van der Waals surface area (Å²) in [5.74, 6) is 0.578. The molecule has 0 radical (unpaired) electrons. The van der Waals surface area contributed by atoms with Crippen LogP contribution in [0.5, 0.6) is 0 Å². The van der Waals surface area contributed by atoms with Gasteiger partial charge in [0.25, 0.3) is 11.1 Å². The van der Waals surface area contributed by atoms with Crippen molar-refractivity contribution in [3.8, 4) is 17.1 Å². The number of hydrogen-bond acceptors (Lipinski definition) is 6. The highest BCUT2D eigenvalue weighted by molar-refractivity contribution is 5.81. The average Bonchev–Trinajstić information content (AvgIpc) is 2.91. The molecule has 168 valence electrons.